The van der Waals surface area contributed by atoms with Crippen LogP contribution in [0.1, 0.15) is 34.5 Å². The van der Waals surface area contributed by atoms with Gasteiger partial charge < -0.3 is 15.2 Å². The van der Waals surface area contributed by atoms with Crippen LogP contribution in [0.3, 0.4) is 0 Å². The zero-order valence-electron chi connectivity index (χ0n) is 13.4. The van der Waals surface area contributed by atoms with E-state index in [1.54, 1.807) is 13.0 Å². The largest absolute Gasteiger partial charge is 0.507 e. The quantitative estimate of drug-likeness (QED) is 0.764. The molecule has 0 spiro atoms. The summed E-state index contributed by atoms with van der Waals surface area (Å²) in [7, 11) is 0. The third-order valence-electron chi connectivity index (χ3n) is 3.46. The molecule has 0 aliphatic heterocycles. The Morgan fingerprint density at radius 3 is 2.67 bits per heavy atom. The number of aryl methyl sites for hydroxylation is 1. The van der Waals surface area contributed by atoms with Gasteiger partial charge in [0.05, 0.1) is 6.04 Å². The van der Waals surface area contributed by atoms with Crippen LogP contribution in [0.2, 0.25) is 0 Å². The maximum atomic E-state index is 12.0. The van der Waals surface area contributed by atoms with Crippen molar-refractivity contribution in [3.8, 4) is 5.75 Å². The van der Waals surface area contributed by atoms with Gasteiger partial charge in [-0.1, -0.05) is 45.8 Å². The second-order valence-corrected chi connectivity index (χ2v) is 6.26. The van der Waals surface area contributed by atoms with Gasteiger partial charge >= 0.3 is 5.97 Å². The molecular weight excluding hydrogens is 374 g/mol. The summed E-state index contributed by atoms with van der Waals surface area (Å²) in [4.78, 5) is 23.9. The van der Waals surface area contributed by atoms with Crippen molar-refractivity contribution in [3.05, 3.63) is 63.6 Å². The molecule has 24 heavy (non-hydrogen) atoms. The highest BCUT2D eigenvalue weighted by molar-refractivity contribution is 9.10. The van der Waals surface area contributed by atoms with E-state index in [1.807, 2.05) is 31.2 Å². The van der Waals surface area contributed by atoms with E-state index < -0.39 is 18.5 Å². The molecule has 0 aliphatic carbocycles. The second kappa shape index (κ2) is 7.97. The van der Waals surface area contributed by atoms with Crippen molar-refractivity contribution < 1.29 is 19.4 Å². The lowest BCUT2D eigenvalue weighted by Gasteiger charge is -2.16. The van der Waals surface area contributed by atoms with Crippen molar-refractivity contribution in [3.63, 3.8) is 0 Å². The molecule has 2 aromatic rings. The third kappa shape index (κ3) is 4.58. The number of hydrogen-bond donors (Lipinski definition) is 2. The molecule has 2 rings (SSSR count). The molecule has 5 nitrogen and oxygen atoms in total. The first kappa shape index (κ1) is 18.0. The average molecular weight is 392 g/mol. The molecule has 0 saturated carbocycles. The molecule has 6 heteroatoms. The van der Waals surface area contributed by atoms with Crippen LogP contribution >= 0.6 is 15.9 Å². The van der Waals surface area contributed by atoms with Crippen molar-refractivity contribution in [2.24, 2.45) is 0 Å². The van der Waals surface area contributed by atoms with Crippen LogP contribution < -0.4 is 5.32 Å². The van der Waals surface area contributed by atoms with Crippen LogP contribution in [0.4, 0.5) is 0 Å². The van der Waals surface area contributed by atoms with Crippen LogP contribution in [-0.2, 0) is 9.53 Å². The molecule has 0 aliphatic rings. The molecule has 0 fully saturated rings. The number of amides is 1. The average Bonchev–Trinajstić information content (AvgIpc) is 2.55. The lowest BCUT2D eigenvalue weighted by Crippen LogP contribution is -2.31. The molecule has 0 bridgehead atoms. The van der Waals surface area contributed by atoms with Gasteiger partial charge in [0.2, 0.25) is 0 Å². The number of benzene rings is 2. The number of aromatic hydroxyl groups is 1. The number of carbonyl (C=O) groups is 2. The minimum absolute atomic E-state index is 0.0432. The topological polar surface area (TPSA) is 75.6 Å². The first-order chi connectivity index (χ1) is 11.4. The van der Waals surface area contributed by atoms with E-state index >= 15 is 0 Å². The maximum absolute atomic E-state index is 12.0. The smallest absolute Gasteiger partial charge is 0.342 e. The Balaban J connectivity index is 1.92. The number of nitrogens with one attached hydrogen (secondary N) is 1. The Labute approximate surface area is 148 Å². The second-order valence-electron chi connectivity index (χ2n) is 5.41. The number of phenolic OH excluding ortho intramolecular Hbond substituents is 1. The summed E-state index contributed by atoms with van der Waals surface area (Å²) in [5, 5.41) is 12.4. The Morgan fingerprint density at radius 2 is 1.96 bits per heavy atom. The lowest BCUT2D eigenvalue weighted by molar-refractivity contribution is -0.124. The first-order valence-corrected chi connectivity index (χ1v) is 8.18. The highest BCUT2D eigenvalue weighted by Crippen LogP contribution is 2.22. The van der Waals surface area contributed by atoms with Crippen LogP contribution in [0, 0.1) is 6.92 Å². The highest BCUT2D eigenvalue weighted by Gasteiger charge is 2.16. The normalized spacial score (nSPS) is 11.6. The van der Waals surface area contributed by atoms with Gasteiger partial charge in [0.15, 0.2) is 6.61 Å². The van der Waals surface area contributed by atoms with Crippen molar-refractivity contribution in [2.45, 2.75) is 19.9 Å². The van der Waals surface area contributed by atoms with E-state index in [4.69, 9.17) is 4.74 Å². The molecule has 0 heterocycles. The molecular formula is C18H18BrNO4. The number of carbonyl (C=O) groups excluding carboxylic acids is 2. The van der Waals surface area contributed by atoms with Gasteiger partial charge in [0, 0.05) is 4.47 Å². The van der Waals surface area contributed by atoms with E-state index in [0.29, 0.717) is 0 Å². The van der Waals surface area contributed by atoms with E-state index in [9.17, 15) is 14.7 Å². The number of ether oxygens (including phenoxy) is 1. The molecule has 0 saturated heterocycles. The van der Waals surface area contributed by atoms with Gasteiger partial charge in [-0.25, -0.2) is 4.79 Å². The van der Waals surface area contributed by atoms with Crippen molar-refractivity contribution >= 4 is 27.8 Å². The number of rotatable bonds is 5. The summed E-state index contributed by atoms with van der Waals surface area (Å²) in [5.74, 6) is -1.33. The predicted octanol–water partition coefficient (Wildman–Crippen LogP) is 3.50. The number of phenols is 1. The lowest BCUT2D eigenvalue weighted by atomic mass is 10.1. The number of hydrogen-bond acceptors (Lipinski definition) is 4. The fraction of sp³-hybridized carbons (Fsp3) is 0.222. The maximum Gasteiger partial charge on any atom is 0.342 e. The van der Waals surface area contributed by atoms with E-state index in [2.05, 4.69) is 21.2 Å². The van der Waals surface area contributed by atoms with Crippen LogP contribution in [-0.4, -0.2) is 23.6 Å². The van der Waals surface area contributed by atoms with Gasteiger partial charge in [-0.05, 0) is 37.6 Å². The van der Waals surface area contributed by atoms with E-state index in [-0.39, 0.29) is 17.4 Å². The standard InChI is InChI=1S/C18H18BrNO4/c1-11-7-8-16(21)14(9-11)18(23)24-10-17(22)20-12(2)13-5-3-4-6-15(13)19/h3-9,12,21H,10H2,1-2H3,(H,20,22)/t12-/m1/s1. The zero-order valence-corrected chi connectivity index (χ0v) is 15.0. The Bertz CT molecular complexity index is 760. The monoisotopic (exact) mass is 391 g/mol. The molecule has 1 atom stereocenters. The fourth-order valence-electron chi connectivity index (χ4n) is 2.21. The third-order valence-corrected chi connectivity index (χ3v) is 4.18. The van der Waals surface area contributed by atoms with Gasteiger partial charge in [-0.15, -0.1) is 0 Å². The Morgan fingerprint density at radius 1 is 1.25 bits per heavy atom. The van der Waals surface area contributed by atoms with Crippen molar-refractivity contribution in [1.82, 2.24) is 5.32 Å². The van der Waals surface area contributed by atoms with Crippen LogP contribution in [0.5, 0.6) is 5.75 Å². The number of halogens is 1. The SMILES string of the molecule is Cc1ccc(O)c(C(=O)OCC(=O)N[C@H](C)c2ccccc2Br)c1. The summed E-state index contributed by atoms with van der Waals surface area (Å²) >= 11 is 3.43. The van der Waals surface area contributed by atoms with E-state index in [0.717, 1.165) is 15.6 Å². The van der Waals surface area contributed by atoms with Gasteiger partial charge in [-0.2, -0.15) is 0 Å². The number of esters is 1. The van der Waals surface area contributed by atoms with Crippen LogP contribution in [0.15, 0.2) is 46.9 Å². The predicted molar refractivity (Wildman–Crippen MR) is 93.8 cm³/mol. The summed E-state index contributed by atoms with van der Waals surface area (Å²) in [6, 6.07) is 11.9. The summed E-state index contributed by atoms with van der Waals surface area (Å²) in [6.45, 7) is 3.22. The summed E-state index contributed by atoms with van der Waals surface area (Å²) in [5.41, 5.74) is 1.78. The molecule has 0 aromatic heterocycles. The molecule has 2 N–H and O–H groups in total. The van der Waals surface area contributed by atoms with Crippen molar-refractivity contribution in [1.29, 1.82) is 0 Å². The minimum atomic E-state index is -0.736. The van der Waals surface area contributed by atoms with Crippen LogP contribution in [0.25, 0.3) is 0 Å². The van der Waals surface area contributed by atoms with Gasteiger partial charge in [0.25, 0.3) is 5.91 Å². The zero-order chi connectivity index (χ0) is 17.7. The van der Waals surface area contributed by atoms with Gasteiger partial charge in [0.1, 0.15) is 11.3 Å². The van der Waals surface area contributed by atoms with E-state index in [1.165, 1.54) is 12.1 Å². The molecule has 0 unspecified atom stereocenters. The molecule has 0 radical (unpaired) electrons. The Hall–Kier alpha value is -2.34. The summed E-state index contributed by atoms with van der Waals surface area (Å²) in [6.07, 6.45) is 0. The van der Waals surface area contributed by atoms with Crippen molar-refractivity contribution in [2.75, 3.05) is 6.61 Å². The highest BCUT2D eigenvalue weighted by atomic mass is 79.9. The molecule has 126 valence electrons. The Kier molecular flexibility index (Phi) is 5.98. The summed E-state index contributed by atoms with van der Waals surface area (Å²) < 4.78 is 5.86. The molecule has 1 amide bonds. The first-order valence-electron chi connectivity index (χ1n) is 7.39. The minimum Gasteiger partial charge on any atom is -0.507 e. The fourth-order valence-corrected chi connectivity index (χ4v) is 2.84. The molecule has 2 aromatic carbocycles. The van der Waals surface area contributed by atoms with Gasteiger partial charge in [-0.3, -0.25) is 4.79 Å².